The average Bonchev–Trinajstić information content (AvgIpc) is 2.75. The molecule has 0 aliphatic heterocycles. The van der Waals surface area contributed by atoms with Crippen LogP contribution >= 0.6 is 0 Å². The topological polar surface area (TPSA) is 29.9 Å². The van der Waals surface area contributed by atoms with Gasteiger partial charge in [0.1, 0.15) is 5.82 Å². The maximum Gasteiger partial charge on any atom is 0.111 e. The van der Waals surface area contributed by atoms with Gasteiger partial charge in [-0.1, -0.05) is 27.7 Å². The molecule has 0 saturated carbocycles. The lowest BCUT2D eigenvalue weighted by Crippen LogP contribution is -2.28. The van der Waals surface area contributed by atoms with E-state index in [4.69, 9.17) is 0 Å². The van der Waals surface area contributed by atoms with Gasteiger partial charge >= 0.3 is 0 Å². The number of aryl methyl sites for hydroxylation is 1. The van der Waals surface area contributed by atoms with Crippen LogP contribution < -0.4 is 5.32 Å². The fraction of sp³-hybridized carbons (Fsp3) is 0.786. The number of nitrogens with one attached hydrogen (secondary N) is 1. The fourth-order valence-corrected chi connectivity index (χ4v) is 2.02. The maximum atomic E-state index is 4.49. The van der Waals surface area contributed by atoms with Gasteiger partial charge in [0.2, 0.25) is 0 Å². The van der Waals surface area contributed by atoms with E-state index in [1.807, 2.05) is 6.20 Å². The molecule has 2 unspecified atom stereocenters. The van der Waals surface area contributed by atoms with Crippen molar-refractivity contribution in [2.45, 2.75) is 47.1 Å². The third kappa shape index (κ3) is 4.15. The molecule has 98 valence electrons. The molecule has 0 saturated heterocycles. The summed E-state index contributed by atoms with van der Waals surface area (Å²) in [5.41, 5.74) is 0. The molecule has 0 radical (unpaired) electrons. The second-order valence-corrected chi connectivity index (χ2v) is 5.39. The molecule has 0 aliphatic carbocycles. The summed E-state index contributed by atoms with van der Waals surface area (Å²) in [6.45, 7) is 14.4. The highest BCUT2D eigenvalue weighted by molar-refractivity contribution is 5.00. The van der Waals surface area contributed by atoms with Crippen molar-refractivity contribution in [2.75, 3.05) is 13.1 Å². The molecule has 1 heterocycles. The van der Waals surface area contributed by atoms with Gasteiger partial charge in [-0.2, -0.15) is 0 Å². The fourth-order valence-electron chi connectivity index (χ4n) is 2.02. The molecule has 1 rings (SSSR count). The van der Waals surface area contributed by atoms with Gasteiger partial charge in [0.25, 0.3) is 0 Å². The van der Waals surface area contributed by atoms with E-state index in [0.29, 0.717) is 11.8 Å². The van der Waals surface area contributed by atoms with Gasteiger partial charge in [0.05, 0.1) is 0 Å². The van der Waals surface area contributed by atoms with Crippen molar-refractivity contribution >= 4 is 0 Å². The zero-order chi connectivity index (χ0) is 12.8. The third-order valence-electron chi connectivity index (χ3n) is 3.37. The summed E-state index contributed by atoms with van der Waals surface area (Å²) in [5, 5.41) is 3.53. The molecular weight excluding hydrogens is 210 g/mol. The predicted molar refractivity (Wildman–Crippen MR) is 73.2 cm³/mol. The van der Waals surface area contributed by atoms with Gasteiger partial charge in [-0.05, 0) is 31.8 Å². The van der Waals surface area contributed by atoms with Gasteiger partial charge in [0.15, 0.2) is 0 Å². The molecule has 3 heteroatoms. The van der Waals surface area contributed by atoms with Crippen molar-refractivity contribution in [3.63, 3.8) is 0 Å². The molecule has 1 N–H and O–H groups in total. The highest BCUT2D eigenvalue weighted by Gasteiger charge is 2.18. The number of rotatable bonds is 7. The van der Waals surface area contributed by atoms with E-state index in [-0.39, 0.29) is 0 Å². The van der Waals surface area contributed by atoms with Crippen LogP contribution in [0.2, 0.25) is 0 Å². The van der Waals surface area contributed by atoms with Crippen LogP contribution in [0.1, 0.15) is 46.4 Å². The van der Waals surface area contributed by atoms with Crippen molar-refractivity contribution in [2.24, 2.45) is 11.8 Å². The Bertz CT molecular complexity index is 317. The van der Waals surface area contributed by atoms with Crippen LogP contribution in [0.3, 0.4) is 0 Å². The Labute approximate surface area is 106 Å². The molecule has 0 amide bonds. The maximum absolute atomic E-state index is 4.49. The number of hydrogen-bond acceptors (Lipinski definition) is 2. The van der Waals surface area contributed by atoms with E-state index in [2.05, 4.69) is 55.7 Å². The number of aromatic nitrogens is 2. The van der Waals surface area contributed by atoms with E-state index in [1.54, 1.807) is 0 Å². The lowest BCUT2D eigenvalue weighted by atomic mass is 9.95. The van der Waals surface area contributed by atoms with E-state index < -0.39 is 0 Å². The van der Waals surface area contributed by atoms with Crippen molar-refractivity contribution in [3.05, 3.63) is 18.2 Å². The van der Waals surface area contributed by atoms with Crippen molar-refractivity contribution in [3.8, 4) is 0 Å². The lowest BCUT2D eigenvalue weighted by molar-refractivity contribution is 0.409. The molecule has 17 heavy (non-hydrogen) atoms. The van der Waals surface area contributed by atoms with E-state index in [0.717, 1.165) is 25.6 Å². The standard InChI is InChI=1S/C14H27N3/c1-6-17-8-7-16-14(17)13(5)12(4)10-15-9-11(2)3/h7-8,11-13,15H,6,9-10H2,1-5H3. The Morgan fingerprint density at radius 3 is 2.53 bits per heavy atom. The summed E-state index contributed by atoms with van der Waals surface area (Å²) in [4.78, 5) is 4.49. The minimum absolute atomic E-state index is 0.504. The van der Waals surface area contributed by atoms with Crippen molar-refractivity contribution < 1.29 is 0 Å². The highest BCUT2D eigenvalue weighted by Crippen LogP contribution is 2.22. The molecule has 0 aliphatic rings. The molecular formula is C14H27N3. The summed E-state index contributed by atoms with van der Waals surface area (Å²) in [5.74, 6) is 3.05. The first-order valence-corrected chi connectivity index (χ1v) is 6.78. The summed E-state index contributed by atoms with van der Waals surface area (Å²) in [7, 11) is 0. The Morgan fingerprint density at radius 1 is 1.24 bits per heavy atom. The minimum Gasteiger partial charge on any atom is -0.335 e. The molecule has 0 spiro atoms. The van der Waals surface area contributed by atoms with Gasteiger partial charge in [0, 0.05) is 24.9 Å². The molecule has 3 nitrogen and oxygen atoms in total. The zero-order valence-corrected chi connectivity index (χ0v) is 11.9. The van der Waals surface area contributed by atoms with E-state index in [9.17, 15) is 0 Å². The SMILES string of the molecule is CCn1ccnc1C(C)C(C)CNCC(C)C. The Kier molecular flexibility index (Phi) is 5.69. The largest absolute Gasteiger partial charge is 0.335 e. The predicted octanol–water partition coefficient (Wildman–Crippen LogP) is 2.89. The Morgan fingerprint density at radius 2 is 1.94 bits per heavy atom. The van der Waals surface area contributed by atoms with Gasteiger partial charge in [-0.25, -0.2) is 4.98 Å². The lowest BCUT2D eigenvalue weighted by Gasteiger charge is -2.21. The van der Waals surface area contributed by atoms with Crippen LogP contribution in [0, 0.1) is 11.8 Å². The number of hydrogen-bond donors (Lipinski definition) is 1. The van der Waals surface area contributed by atoms with Gasteiger partial charge in [-0.3, -0.25) is 0 Å². The van der Waals surface area contributed by atoms with Crippen LogP contribution in [0.4, 0.5) is 0 Å². The third-order valence-corrected chi connectivity index (χ3v) is 3.37. The Balaban J connectivity index is 2.48. The smallest absolute Gasteiger partial charge is 0.111 e. The molecule has 0 fully saturated rings. The molecule has 2 atom stereocenters. The van der Waals surface area contributed by atoms with Crippen LogP contribution in [0.5, 0.6) is 0 Å². The normalized spacial score (nSPS) is 15.2. The quantitative estimate of drug-likeness (QED) is 0.790. The summed E-state index contributed by atoms with van der Waals surface area (Å²) in [6, 6.07) is 0. The van der Waals surface area contributed by atoms with Gasteiger partial charge in [-0.15, -0.1) is 0 Å². The number of imidazole rings is 1. The minimum atomic E-state index is 0.504. The molecule has 0 bridgehead atoms. The van der Waals surface area contributed by atoms with Crippen LogP contribution in [0.15, 0.2) is 12.4 Å². The van der Waals surface area contributed by atoms with Crippen LogP contribution in [-0.4, -0.2) is 22.6 Å². The first kappa shape index (κ1) is 14.2. The Hall–Kier alpha value is -0.830. The van der Waals surface area contributed by atoms with Crippen molar-refractivity contribution in [1.82, 2.24) is 14.9 Å². The first-order chi connectivity index (χ1) is 8.06. The van der Waals surface area contributed by atoms with Crippen molar-refractivity contribution in [1.29, 1.82) is 0 Å². The van der Waals surface area contributed by atoms with Crippen LogP contribution in [0.25, 0.3) is 0 Å². The van der Waals surface area contributed by atoms with E-state index in [1.165, 1.54) is 5.82 Å². The number of nitrogens with zero attached hydrogens (tertiary/aromatic N) is 2. The monoisotopic (exact) mass is 237 g/mol. The molecule has 0 aromatic carbocycles. The molecule has 1 aromatic heterocycles. The first-order valence-electron chi connectivity index (χ1n) is 6.78. The average molecular weight is 237 g/mol. The van der Waals surface area contributed by atoms with Gasteiger partial charge < -0.3 is 9.88 Å². The summed E-state index contributed by atoms with van der Waals surface area (Å²) < 4.78 is 2.24. The van der Waals surface area contributed by atoms with Crippen LogP contribution in [-0.2, 0) is 6.54 Å². The summed E-state index contributed by atoms with van der Waals surface area (Å²) >= 11 is 0. The second-order valence-electron chi connectivity index (χ2n) is 5.39. The van der Waals surface area contributed by atoms with E-state index >= 15 is 0 Å². The second kappa shape index (κ2) is 6.80. The highest BCUT2D eigenvalue weighted by atomic mass is 15.1. The molecule has 1 aromatic rings. The summed E-state index contributed by atoms with van der Waals surface area (Å²) in [6.07, 6.45) is 3.98. The zero-order valence-electron chi connectivity index (χ0n) is 11.9.